The lowest BCUT2D eigenvalue weighted by molar-refractivity contribution is -0.122. The van der Waals surface area contributed by atoms with E-state index in [1.54, 1.807) is 11.3 Å². The van der Waals surface area contributed by atoms with E-state index < -0.39 is 0 Å². The van der Waals surface area contributed by atoms with Gasteiger partial charge in [-0.25, -0.2) is 4.98 Å². The number of benzene rings is 1. The number of nitrogens with zero attached hydrogens (tertiary/aromatic N) is 3. The highest BCUT2D eigenvalue weighted by Gasteiger charge is 2.20. The van der Waals surface area contributed by atoms with E-state index in [0.717, 1.165) is 52.6 Å². The third-order valence-corrected chi connectivity index (χ3v) is 7.05. The van der Waals surface area contributed by atoms with E-state index in [1.807, 2.05) is 30.3 Å². The summed E-state index contributed by atoms with van der Waals surface area (Å²) in [4.78, 5) is 22.7. The molecule has 0 unspecified atom stereocenters. The number of carbonyl (C=O) groups excluding carboxylic acids is 1. The van der Waals surface area contributed by atoms with Crippen molar-refractivity contribution in [3.05, 3.63) is 62.8 Å². The number of halogens is 1. The van der Waals surface area contributed by atoms with Gasteiger partial charge in [0.25, 0.3) is 0 Å². The number of piperazine rings is 1. The third kappa shape index (κ3) is 5.87. The summed E-state index contributed by atoms with van der Waals surface area (Å²) in [5.41, 5.74) is 2.29. The summed E-state index contributed by atoms with van der Waals surface area (Å²) in [6.07, 6.45) is 0. The Morgan fingerprint density at radius 2 is 1.83 bits per heavy atom. The second-order valence-corrected chi connectivity index (χ2v) is 9.70. The maximum atomic E-state index is 12.2. The predicted molar refractivity (Wildman–Crippen MR) is 120 cm³/mol. The number of thiazole rings is 1. The molecular formula is C21H23ClN4OS2. The number of thiophene rings is 1. The summed E-state index contributed by atoms with van der Waals surface area (Å²) >= 11 is 9.12. The molecule has 0 aliphatic carbocycles. The molecule has 4 rings (SSSR count). The minimum absolute atomic E-state index is 0.0648. The average molecular weight is 447 g/mol. The summed E-state index contributed by atoms with van der Waals surface area (Å²) < 4.78 is 0.751. The molecule has 1 N–H and O–H groups in total. The van der Waals surface area contributed by atoms with Crippen LogP contribution in [0.25, 0.3) is 10.6 Å². The maximum Gasteiger partial charge on any atom is 0.234 e. The summed E-state index contributed by atoms with van der Waals surface area (Å²) in [5.74, 6) is 0.0648. The topological polar surface area (TPSA) is 48.5 Å². The second-order valence-electron chi connectivity index (χ2n) is 7.04. The first kappa shape index (κ1) is 20.5. The van der Waals surface area contributed by atoms with Crippen LogP contribution in [-0.2, 0) is 17.9 Å². The maximum absolute atomic E-state index is 12.2. The molecule has 3 heterocycles. The first-order valence-electron chi connectivity index (χ1n) is 9.61. The molecule has 0 radical (unpaired) electrons. The highest BCUT2D eigenvalue weighted by Crippen LogP contribution is 2.24. The average Bonchev–Trinajstić information content (AvgIpc) is 3.37. The number of aromatic nitrogens is 1. The zero-order valence-corrected chi connectivity index (χ0v) is 18.4. The SMILES string of the molecule is O=C(CN1CCN(Cc2csc(-c3ccccc3)n2)CC1)NCc1ccc(Cl)s1. The van der Waals surface area contributed by atoms with Crippen molar-refractivity contribution in [2.75, 3.05) is 32.7 Å². The van der Waals surface area contributed by atoms with E-state index >= 15 is 0 Å². The van der Waals surface area contributed by atoms with Gasteiger partial charge in [0.15, 0.2) is 0 Å². The van der Waals surface area contributed by atoms with Gasteiger partial charge in [-0.05, 0) is 12.1 Å². The highest BCUT2D eigenvalue weighted by atomic mass is 35.5. The summed E-state index contributed by atoms with van der Waals surface area (Å²) in [7, 11) is 0. The fourth-order valence-corrected chi connectivity index (χ4v) is 5.16. The van der Waals surface area contributed by atoms with Gasteiger partial charge < -0.3 is 5.32 Å². The molecule has 0 bridgehead atoms. The largest absolute Gasteiger partial charge is 0.350 e. The van der Waals surface area contributed by atoms with E-state index in [0.29, 0.717) is 13.1 Å². The molecule has 5 nitrogen and oxygen atoms in total. The van der Waals surface area contributed by atoms with Gasteiger partial charge in [0, 0.05) is 48.5 Å². The normalized spacial score (nSPS) is 15.5. The van der Waals surface area contributed by atoms with E-state index in [4.69, 9.17) is 16.6 Å². The van der Waals surface area contributed by atoms with Gasteiger partial charge in [0.2, 0.25) is 5.91 Å². The standard InChI is InChI=1S/C21H23ClN4OS2/c22-19-7-6-18(29-19)12-23-20(27)14-26-10-8-25(9-11-26)13-17-15-28-21(24-17)16-4-2-1-3-5-16/h1-7,15H,8-14H2,(H,23,27). The Bertz CT molecular complexity index is 935. The van der Waals surface area contributed by atoms with Gasteiger partial charge >= 0.3 is 0 Å². The van der Waals surface area contributed by atoms with E-state index in [2.05, 4.69) is 32.6 Å². The van der Waals surface area contributed by atoms with Crippen LogP contribution in [0, 0.1) is 0 Å². The molecule has 152 valence electrons. The van der Waals surface area contributed by atoms with Crippen molar-refractivity contribution in [1.29, 1.82) is 0 Å². The van der Waals surface area contributed by atoms with Crippen LogP contribution < -0.4 is 5.32 Å². The monoisotopic (exact) mass is 446 g/mol. The number of hydrogen-bond acceptors (Lipinski definition) is 6. The summed E-state index contributed by atoms with van der Waals surface area (Å²) in [6, 6.07) is 14.1. The molecule has 0 saturated carbocycles. The molecule has 1 saturated heterocycles. The van der Waals surface area contributed by atoms with Crippen LogP contribution in [0.1, 0.15) is 10.6 Å². The van der Waals surface area contributed by atoms with Crippen molar-refractivity contribution < 1.29 is 4.79 Å². The number of amides is 1. The van der Waals surface area contributed by atoms with Crippen molar-refractivity contribution in [2.24, 2.45) is 0 Å². The lowest BCUT2D eigenvalue weighted by Crippen LogP contribution is -2.49. The number of rotatable bonds is 7. The van der Waals surface area contributed by atoms with Gasteiger partial charge in [0.1, 0.15) is 5.01 Å². The quantitative estimate of drug-likeness (QED) is 0.596. The van der Waals surface area contributed by atoms with Crippen LogP contribution in [0.3, 0.4) is 0 Å². The molecule has 29 heavy (non-hydrogen) atoms. The summed E-state index contributed by atoms with van der Waals surface area (Å²) in [5, 5.41) is 6.20. The smallest absolute Gasteiger partial charge is 0.234 e. The minimum atomic E-state index is 0.0648. The first-order valence-corrected chi connectivity index (χ1v) is 11.7. The molecule has 8 heteroatoms. The lowest BCUT2D eigenvalue weighted by Gasteiger charge is -2.33. The molecule has 1 aromatic carbocycles. The highest BCUT2D eigenvalue weighted by molar-refractivity contribution is 7.16. The van der Waals surface area contributed by atoms with Crippen molar-refractivity contribution in [3.8, 4) is 10.6 Å². The molecule has 0 atom stereocenters. The molecule has 2 aromatic heterocycles. The zero-order valence-electron chi connectivity index (χ0n) is 16.0. The van der Waals surface area contributed by atoms with Crippen LogP contribution in [-0.4, -0.2) is 53.4 Å². The third-order valence-electron chi connectivity index (χ3n) is 4.88. The van der Waals surface area contributed by atoms with Crippen molar-refractivity contribution in [1.82, 2.24) is 20.1 Å². The van der Waals surface area contributed by atoms with Crippen molar-refractivity contribution in [3.63, 3.8) is 0 Å². The Kier molecular flexibility index (Phi) is 6.94. The van der Waals surface area contributed by atoms with Gasteiger partial charge in [-0.2, -0.15) is 0 Å². The van der Waals surface area contributed by atoms with Crippen LogP contribution in [0.15, 0.2) is 47.8 Å². The molecule has 1 aliphatic heterocycles. The molecule has 3 aromatic rings. The number of nitrogens with one attached hydrogen (secondary N) is 1. The van der Waals surface area contributed by atoms with Crippen LogP contribution in [0.2, 0.25) is 4.34 Å². The predicted octanol–water partition coefficient (Wildman–Crippen LogP) is 3.96. The molecular weight excluding hydrogens is 424 g/mol. The van der Waals surface area contributed by atoms with Crippen molar-refractivity contribution in [2.45, 2.75) is 13.1 Å². The second kappa shape index (κ2) is 9.82. The summed E-state index contributed by atoms with van der Waals surface area (Å²) in [6.45, 7) is 5.55. The van der Waals surface area contributed by atoms with Gasteiger partial charge in [-0.3, -0.25) is 14.6 Å². The van der Waals surface area contributed by atoms with Crippen LogP contribution in [0.4, 0.5) is 0 Å². The Balaban J connectivity index is 1.19. The fraction of sp³-hybridized carbons (Fsp3) is 0.333. The molecule has 1 amide bonds. The Labute approximate surface area is 183 Å². The number of hydrogen-bond donors (Lipinski definition) is 1. The Hall–Kier alpha value is -1.77. The van der Waals surface area contributed by atoms with Gasteiger partial charge in [0.05, 0.1) is 23.1 Å². The van der Waals surface area contributed by atoms with E-state index in [9.17, 15) is 4.79 Å². The number of carbonyl (C=O) groups is 1. The zero-order chi connectivity index (χ0) is 20.1. The van der Waals surface area contributed by atoms with Gasteiger partial charge in [-0.1, -0.05) is 41.9 Å². The minimum Gasteiger partial charge on any atom is -0.350 e. The lowest BCUT2D eigenvalue weighted by atomic mass is 10.2. The molecule has 1 fully saturated rings. The Morgan fingerprint density at radius 3 is 2.55 bits per heavy atom. The van der Waals surface area contributed by atoms with Gasteiger partial charge in [-0.15, -0.1) is 22.7 Å². The first-order chi connectivity index (χ1) is 14.2. The molecule has 1 aliphatic rings. The molecule has 0 spiro atoms. The van der Waals surface area contributed by atoms with Crippen LogP contribution in [0.5, 0.6) is 0 Å². The fourth-order valence-electron chi connectivity index (χ4n) is 3.32. The van der Waals surface area contributed by atoms with E-state index in [-0.39, 0.29) is 5.91 Å². The Morgan fingerprint density at radius 1 is 1.07 bits per heavy atom. The van der Waals surface area contributed by atoms with E-state index in [1.165, 1.54) is 16.9 Å². The van der Waals surface area contributed by atoms with Crippen molar-refractivity contribution >= 4 is 40.2 Å². The van der Waals surface area contributed by atoms with Crippen LogP contribution >= 0.6 is 34.3 Å².